The zero-order valence-corrected chi connectivity index (χ0v) is 9.60. The Hall–Kier alpha value is -2.42. The maximum absolute atomic E-state index is 13.3. The highest BCUT2D eigenvalue weighted by atomic mass is 19.1. The molecule has 3 aromatic rings. The fraction of sp³-hybridized carbons (Fsp3) is 0. The predicted molar refractivity (Wildman–Crippen MR) is 71.5 cm³/mol. The maximum Gasteiger partial charge on any atom is 0.124 e. The van der Waals surface area contributed by atoms with Crippen molar-refractivity contribution in [2.75, 3.05) is 5.73 Å². The van der Waals surface area contributed by atoms with Gasteiger partial charge in [0.1, 0.15) is 11.6 Å². The molecule has 0 aliphatic rings. The Morgan fingerprint density at radius 3 is 2.61 bits per heavy atom. The summed E-state index contributed by atoms with van der Waals surface area (Å²) in [7, 11) is 0. The molecule has 0 fully saturated rings. The molecule has 18 heavy (non-hydrogen) atoms. The monoisotopic (exact) mass is 238 g/mol. The Bertz CT molecular complexity index is 723. The molecule has 2 nitrogen and oxygen atoms in total. The van der Waals surface area contributed by atoms with Crippen molar-refractivity contribution >= 4 is 16.7 Å². The summed E-state index contributed by atoms with van der Waals surface area (Å²) in [6.45, 7) is 0. The zero-order chi connectivity index (χ0) is 12.5. The molecule has 0 aliphatic carbocycles. The molecular formula is C15H11FN2. The lowest BCUT2D eigenvalue weighted by atomic mass is 10.0. The van der Waals surface area contributed by atoms with Crippen LogP contribution in [0.2, 0.25) is 0 Å². The van der Waals surface area contributed by atoms with E-state index in [4.69, 9.17) is 5.73 Å². The second-order valence-electron chi connectivity index (χ2n) is 4.12. The van der Waals surface area contributed by atoms with Gasteiger partial charge in [-0.25, -0.2) is 9.37 Å². The number of fused-ring (bicyclic) bond motifs is 1. The van der Waals surface area contributed by atoms with Crippen LogP contribution in [0, 0.1) is 5.82 Å². The van der Waals surface area contributed by atoms with Gasteiger partial charge < -0.3 is 5.73 Å². The first-order valence-corrected chi connectivity index (χ1v) is 5.65. The van der Waals surface area contributed by atoms with Crippen molar-refractivity contribution in [2.24, 2.45) is 0 Å². The minimum Gasteiger partial charge on any atom is -0.384 e. The van der Waals surface area contributed by atoms with Crippen molar-refractivity contribution in [3.8, 4) is 11.1 Å². The van der Waals surface area contributed by atoms with Crippen LogP contribution in [-0.4, -0.2) is 4.98 Å². The van der Waals surface area contributed by atoms with E-state index < -0.39 is 0 Å². The highest BCUT2D eigenvalue weighted by molar-refractivity contribution is 5.94. The Balaban J connectivity index is 2.32. The lowest BCUT2D eigenvalue weighted by molar-refractivity contribution is 0.628. The predicted octanol–water partition coefficient (Wildman–Crippen LogP) is 3.62. The number of hydrogen-bond donors (Lipinski definition) is 1. The van der Waals surface area contributed by atoms with Crippen LogP contribution in [0.25, 0.3) is 22.0 Å². The quantitative estimate of drug-likeness (QED) is 0.703. The van der Waals surface area contributed by atoms with Crippen molar-refractivity contribution < 1.29 is 4.39 Å². The number of nitrogens with zero attached hydrogens (tertiary/aromatic N) is 1. The number of nitrogen functional groups attached to an aromatic ring is 1. The number of pyridine rings is 1. The molecule has 0 amide bonds. The van der Waals surface area contributed by atoms with E-state index in [-0.39, 0.29) is 5.82 Å². The summed E-state index contributed by atoms with van der Waals surface area (Å²) in [5, 5.41) is 0.992. The normalized spacial score (nSPS) is 10.7. The SMILES string of the molecule is Nc1ccc2cccc(-c3cccc(F)c3)c2n1. The topological polar surface area (TPSA) is 38.9 Å². The van der Waals surface area contributed by atoms with E-state index in [1.165, 1.54) is 12.1 Å². The van der Waals surface area contributed by atoms with Gasteiger partial charge in [-0.3, -0.25) is 0 Å². The number of aromatic nitrogens is 1. The van der Waals surface area contributed by atoms with Crippen molar-refractivity contribution in [1.82, 2.24) is 4.98 Å². The summed E-state index contributed by atoms with van der Waals surface area (Å²) in [5.74, 6) is 0.208. The van der Waals surface area contributed by atoms with Gasteiger partial charge in [0.05, 0.1) is 5.52 Å². The third-order valence-electron chi connectivity index (χ3n) is 2.88. The van der Waals surface area contributed by atoms with Gasteiger partial charge in [-0.1, -0.05) is 30.3 Å². The number of halogens is 1. The molecule has 0 saturated heterocycles. The molecule has 0 radical (unpaired) electrons. The number of hydrogen-bond acceptors (Lipinski definition) is 2. The van der Waals surface area contributed by atoms with Crippen LogP contribution in [0.3, 0.4) is 0 Å². The molecular weight excluding hydrogens is 227 g/mol. The Morgan fingerprint density at radius 2 is 1.78 bits per heavy atom. The van der Waals surface area contributed by atoms with Gasteiger partial charge in [-0.05, 0) is 29.8 Å². The van der Waals surface area contributed by atoms with Crippen LogP contribution in [-0.2, 0) is 0 Å². The molecule has 2 N–H and O–H groups in total. The number of nitrogens with two attached hydrogens (primary N) is 1. The van der Waals surface area contributed by atoms with Crippen LogP contribution >= 0.6 is 0 Å². The summed E-state index contributed by atoms with van der Waals surface area (Å²) in [5.41, 5.74) is 8.20. The van der Waals surface area contributed by atoms with Gasteiger partial charge in [0.15, 0.2) is 0 Å². The molecule has 3 heteroatoms. The number of benzene rings is 2. The standard InChI is InChI=1S/C15H11FN2/c16-12-5-1-4-11(9-12)13-6-2-3-10-7-8-14(17)18-15(10)13/h1-9H,(H2,17,18). The van der Waals surface area contributed by atoms with Gasteiger partial charge in [-0.15, -0.1) is 0 Å². The maximum atomic E-state index is 13.3. The third-order valence-corrected chi connectivity index (χ3v) is 2.88. The fourth-order valence-electron chi connectivity index (χ4n) is 2.05. The van der Waals surface area contributed by atoms with Crippen LogP contribution in [0.1, 0.15) is 0 Å². The molecule has 0 aliphatic heterocycles. The van der Waals surface area contributed by atoms with E-state index in [1.54, 1.807) is 12.1 Å². The first-order valence-electron chi connectivity index (χ1n) is 5.65. The summed E-state index contributed by atoms with van der Waals surface area (Å²) in [6.07, 6.45) is 0. The van der Waals surface area contributed by atoms with Crippen LogP contribution in [0.15, 0.2) is 54.6 Å². The highest BCUT2D eigenvalue weighted by Gasteiger charge is 2.06. The first-order chi connectivity index (χ1) is 8.74. The Kier molecular flexibility index (Phi) is 2.45. The Labute approximate surface area is 104 Å². The lowest BCUT2D eigenvalue weighted by Crippen LogP contribution is -1.91. The second kappa shape index (κ2) is 4.11. The van der Waals surface area contributed by atoms with E-state index in [0.717, 1.165) is 22.0 Å². The minimum atomic E-state index is -0.256. The van der Waals surface area contributed by atoms with Crippen LogP contribution in [0.4, 0.5) is 10.2 Å². The van der Waals surface area contributed by atoms with E-state index in [2.05, 4.69) is 4.98 Å². The third kappa shape index (κ3) is 1.80. The molecule has 2 aromatic carbocycles. The average Bonchev–Trinajstić information content (AvgIpc) is 2.38. The van der Waals surface area contributed by atoms with Gasteiger partial charge >= 0.3 is 0 Å². The average molecular weight is 238 g/mol. The van der Waals surface area contributed by atoms with Crippen LogP contribution < -0.4 is 5.73 Å². The molecule has 0 bridgehead atoms. The van der Waals surface area contributed by atoms with Crippen molar-refractivity contribution in [3.05, 3.63) is 60.4 Å². The van der Waals surface area contributed by atoms with E-state index in [0.29, 0.717) is 5.82 Å². The van der Waals surface area contributed by atoms with Gasteiger partial charge in [0.25, 0.3) is 0 Å². The summed E-state index contributed by atoms with van der Waals surface area (Å²) < 4.78 is 13.3. The molecule has 1 aromatic heterocycles. The van der Waals surface area contributed by atoms with Crippen molar-refractivity contribution in [2.45, 2.75) is 0 Å². The van der Waals surface area contributed by atoms with E-state index in [1.807, 2.05) is 30.3 Å². The molecule has 88 valence electrons. The molecule has 0 atom stereocenters. The van der Waals surface area contributed by atoms with Gasteiger partial charge in [-0.2, -0.15) is 0 Å². The van der Waals surface area contributed by atoms with Gasteiger partial charge in [0, 0.05) is 10.9 Å². The smallest absolute Gasteiger partial charge is 0.124 e. The largest absolute Gasteiger partial charge is 0.384 e. The molecule has 1 heterocycles. The summed E-state index contributed by atoms with van der Waals surface area (Å²) in [6, 6.07) is 16.0. The van der Waals surface area contributed by atoms with Crippen molar-refractivity contribution in [1.29, 1.82) is 0 Å². The number of rotatable bonds is 1. The second-order valence-corrected chi connectivity index (χ2v) is 4.12. The fourth-order valence-corrected chi connectivity index (χ4v) is 2.05. The first kappa shape index (κ1) is 10.7. The highest BCUT2D eigenvalue weighted by Crippen LogP contribution is 2.28. The van der Waals surface area contributed by atoms with E-state index in [9.17, 15) is 4.39 Å². The summed E-state index contributed by atoms with van der Waals surface area (Å²) >= 11 is 0. The van der Waals surface area contributed by atoms with Crippen LogP contribution in [0.5, 0.6) is 0 Å². The summed E-state index contributed by atoms with van der Waals surface area (Å²) in [4.78, 5) is 4.34. The molecule has 0 unspecified atom stereocenters. The molecule has 0 saturated carbocycles. The van der Waals surface area contributed by atoms with E-state index >= 15 is 0 Å². The minimum absolute atomic E-state index is 0.256. The van der Waals surface area contributed by atoms with Gasteiger partial charge in [0.2, 0.25) is 0 Å². The lowest BCUT2D eigenvalue weighted by Gasteiger charge is -2.06. The number of para-hydroxylation sites is 1. The Morgan fingerprint density at radius 1 is 0.944 bits per heavy atom. The van der Waals surface area contributed by atoms with Crippen molar-refractivity contribution in [3.63, 3.8) is 0 Å². The number of anilines is 1. The zero-order valence-electron chi connectivity index (χ0n) is 9.60. The molecule has 0 spiro atoms. The molecule has 3 rings (SSSR count).